The van der Waals surface area contributed by atoms with E-state index >= 15 is 0 Å². The van der Waals surface area contributed by atoms with E-state index < -0.39 is 0 Å². The predicted octanol–water partition coefficient (Wildman–Crippen LogP) is 11.7. The zero-order chi connectivity index (χ0) is 31.0. The van der Waals surface area contributed by atoms with Crippen molar-refractivity contribution in [3.8, 4) is 55.9 Å². The fraction of sp³-hybridized carbons (Fsp3) is 0.0455. The van der Waals surface area contributed by atoms with Gasteiger partial charge in [0, 0.05) is 23.5 Å². The highest BCUT2D eigenvalue weighted by Crippen LogP contribution is 2.46. The van der Waals surface area contributed by atoms with Crippen LogP contribution in [-0.2, 0) is 0 Å². The summed E-state index contributed by atoms with van der Waals surface area (Å²) in [5, 5.41) is 4.91. The van der Waals surface area contributed by atoms with Gasteiger partial charge in [-0.05, 0) is 110 Å². The number of aromatic nitrogens is 2. The Morgan fingerprint density at radius 1 is 0.326 bits per heavy atom. The molecule has 0 atom stereocenters. The maximum atomic E-state index is 4.75. The number of benzene rings is 6. The molecule has 0 saturated heterocycles. The molecule has 0 radical (unpaired) electrons. The molecule has 0 aliphatic heterocycles. The molecule has 0 spiro atoms. The van der Waals surface area contributed by atoms with Crippen molar-refractivity contribution in [2.45, 2.75) is 13.8 Å². The van der Waals surface area contributed by atoms with Crippen LogP contribution >= 0.6 is 0 Å². The van der Waals surface area contributed by atoms with Gasteiger partial charge in [0.1, 0.15) is 0 Å². The maximum Gasteiger partial charge on any atom is 0.0731 e. The van der Waals surface area contributed by atoms with E-state index in [2.05, 4.69) is 147 Å². The minimum atomic E-state index is 1.01. The highest BCUT2D eigenvalue weighted by Gasteiger charge is 2.19. The third-order valence-corrected chi connectivity index (χ3v) is 9.00. The van der Waals surface area contributed by atoms with Gasteiger partial charge in [-0.2, -0.15) is 0 Å². The highest BCUT2D eigenvalue weighted by atomic mass is 14.7. The van der Waals surface area contributed by atoms with Gasteiger partial charge in [-0.15, -0.1) is 0 Å². The second-order valence-electron chi connectivity index (χ2n) is 11.9. The van der Waals surface area contributed by atoms with Gasteiger partial charge in [0.05, 0.1) is 11.4 Å². The number of pyridine rings is 2. The smallest absolute Gasteiger partial charge is 0.0731 e. The highest BCUT2D eigenvalue weighted by molar-refractivity contribution is 6.22. The molecule has 0 amide bonds. The van der Waals surface area contributed by atoms with Gasteiger partial charge >= 0.3 is 0 Å². The van der Waals surface area contributed by atoms with Crippen molar-refractivity contribution in [3.05, 3.63) is 169 Å². The van der Waals surface area contributed by atoms with E-state index in [0.717, 1.165) is 22.5 Å². The zero-order valence-corrected chi connectivity index (χ0v) is 25.9. The molecule has 0 unspecified atom stereocenters. The lowest BCUT2D eigenvalue weighted by Crippen LogP contribution is -1.93. The molecule has 0 aliphatic carbocycles. The van der Waals surface area contributed by atoms with Gasteiger partial charge in [-0.1, -0.05) is 115 Å². The van der Waals surface area contributed by atoms with Crippen LogP contribution in [0.25, 0.3) is 77.4 Å². The molecule has 46 heavy (non-hydrogen) atoms. The molecule has 8 aromatic rings. The van der Waals surface area contributed by atoms with Crippen LogP contribution in [0, 0.1) is 13.8 Å². The van der Waals surface area contributed by atoms with Crippen molar-refractivity contribution in [3.63, 3.8) is 0 Å². The summed E-state index contributed by atoms with van der Waals surface area (Å²) in [5.41, 5.74) is 13.8. The van der Waals surface area contributed by atoms with Crippen molar-refractivity contribution < 1.29 is 0 Å². The molecule has 0 N–H and O–H groups in total. The summed E-state index contributed by atoms with van der Waals surface area (Å²) in [5.74, 6) is 0. The Balaban J connectivity index is 1.45. The molecule has 2 nitrogen and oxygen atoms in total. The lowest BCUT2D eigenvalue weighted by atomic mass is 9.84. The van der Waals surface area contributed by atoms with Crippen LogP contribution in [0.2, 0.25) is 0 Å². The molecular formula is C44H32N2. The SMILES string of the molecule is Cc1cccnc1-c1cccc(-c2c3ccccc3c(-c3cccc(-c4ncccc4C)c3)c3cc(-c4ccccc4)ccc23)c1. The lowest BCUT2D eigenvalue weighted by molar-refractivity contribution is 1.27. The summed E-state index contributed by atoms with van der Waals surface area (Å²) in [7, 11) is 0. The third-order valence-electron chi connectivity index (χ3n) is 9.00. The van der Waals surface area contributed by atoms with Gasteiger partial charge in [-0.3, -0.25) is 9.97 Å². The van der Waals surface area contributed by atoms with E-state index in [9.17, 15) is 0 Å². The van der Waals surface area contributed by atoms with Crippen LogP contribution < -0.4 is 0 Å². The normalized spacial score (nSPS) is 11.3. The Bertz CT molecular complexity index is 2390. The molecule has 0 aliphatic rings. The second kappa shape index (κ2) is 11.6. The van der Waals surface area contributed by atoms with E-state index in [-0.39, 0.29) is 0 Å². The van der Waals surface area contributed by atoms with E-state index in [4.69, 9.17) is 9.97 Å². The van der Waals surface area contributed by atoms with Gasteiger partial charge in [0.2, 0.25) is 0 Å². The van der Waals surface area contributed by atoms with Gasteiger partial charge < -0.3 is 0 Å². The number of nitrogens with zero attached hydrogens (tertiary/aromatic N) is 2. The number of rotatable bonds is 5. The molecule has 8 rings (SSSR count). The topological polar surface area (TPSA) is 25.8 Å². The van der Waals surface area contributed by atoms with Crippen molar-refractivity contribution >= 4 is 21.5 Å². The number of hydrogen-bond acceptors (Lipinski definition) is 2. The predicted molar refractivity (Wildman–Crippen MR) is 194 cm³/mol. The monoisotopic (exact) mass is 588 g/mol. The number of hydrogen-bond donors (Lipinski definition) is 0. The largest absolute Gasteiger partial charge is 0.256 e. The Morgan fingerprint density at radius 3 is 1.37 bits per heavy atom. The van der Waals surface area contributed by atoms with Gasteiger partial charge in [0.25, 0.3) is 0 Å². The fourth-order valence-corrected chi connectivity index (χ4v) is 6.83. The van der Waals surface area contributed by atoms with Gasteiger partial charge in [-0.25, -0.2) is 0 Å². The van der Waals surface area contributed by atoms with E-state index in [1.54, 1.807) is 0 Å². The lowest BCUT2D eigenvalue weighted by Gasteiger charge is -2.19. The van der Waals surface area contributed by atoms with Gasteiger partial charge in [0.15, 0.2) is 0 Å². The van der Waals surface area contributed by atoms with Crippen molar-refractivity contribution in [2.24, 2.45) is 0 Å². The first kappa shape index (κ1) is 27.7. The van der Waals surface area contributed by atoms with Crippen LogP contribution in [0.5, 0.6) is 0 Å². The summed E-state index contributed by atoms with van der Waals surface area (Å²) in [6.07, 6.45) is 3.75. The molecular weight excluding hydrogens is 556 g/mol. The number of aryl methyl sites for hydroxylation is 2. The first-order valence-electron chi connectivity index (χ1n) is 15.7. The molecule has 6 aromatic carbocycles. The molecule has 0 saturated carbocycles. The van der Waals surface area contributed by atoms with Crippen molar-refractivity contribution in [1.29, 1.82) is 0 Å². The van der Waals surface area contributed by atoms with E-state index in [1.807, 2.05) is 24.5 Å². The summed E-state index contributed by atoms with van der Waals surface area (Å²) in [6.45, 7) is 4.25. The minimum absolute atomic E-state index is 1.01. The second-order valence-corrected chi connectivity index (χ2v) is 11.9. The van der Waals surface area contributed by atoms with Crippen LogP contribution in [0.3, 0.4) is 0 Å². The Morgan fingerprint density at radius 2 is 0.804 bits per heavy atom. The Hall–Kier alpha value is -5.86. The first-order valence-corrected chi connectivity index (χ1v) is 15.7. The molecule has 2 aromatic heterocycles. The quantitative estimate of drug-likeness (QED) is 0.187. The van der Waals surface area contributed by atoms with Crippen LogP contribution in [0.4, 0.5) is 0 Å². The molecule has 2 heteroatoms. The average molecular weight is 589 g/mol. The van der Waals surface area contributed by atoms with Crippen LogP contribution in [-0.4, -0.2) is 9.97 Å². The van der Waals surface area contributed by atoms with Crippen molar-refractivity contribution in [2.75, 3.05) is 0 Å². The third kappa shape index (κ3) is 4.85. The van der Waals surface area contributed by atoms with E-state index in [1.165, 1.54) is 66.1 Å². The summed E-state index contributed by atoms with van der Waals surface area (Å²) in [4.78, 5) is 9.49. The standard InChI is InChI=1S/C44H32N2/c1-29-12-10-24-45-43(29)35-18-8-16-33(26-35)41-37-20-6-7-21-38(37)42(34-17-9-19-36(27-34)44-30(2)13-11-25-46-44)40-28-32(22-23-39(40)41)31-14-4-3-5-15-31/h3-28H,1-2H3. The van der Waals surface area contributed by atoms with Crippen molar-refractivity contribution in [1.82, 2.24) is 9.97 Å². The first-order chi connectivity index (χ1) is 22.7. The molecule has 0 bridgehead atoms. The Kier molecular flexibility index (Phi) is 6.96. The summed E-state index contributed by atoms with van der Waals surface area (Å²) < 4.78 is 0. The molecule has 218 valence electrons. The fourth-order valence-electron chi connectivity index (χ4n) is 6.83. The Labute approximate surface area is 269 Å². The summed E-state index contributed by atoms with van der Waals surface area (Å²) >= 11 is 0. The molecule has 2 heterocycles. The van der Waals surface area contributed by atoms with Crippen LogP contribution in [0.1, 0.15) is 11.1 Å². The average Bonchev–Trinajstić information content (AvgIpc) is 3.11. The van der Waals surface area contributed by atoms with E-state index in [0.29, 0.717) is 0 Å². The summed E-state index contributed by atoms with van der Waals surface area (Å²) in [6, 6.07) is 52.4. The van der Waals surface area contributed by atoms with Crippen LogP contribution in [0.15, 0.2) is 158 Å². The zero-order valence-electron chi connectivity index (χ0n) is 25.9. The minimum Gasteiger partial charge on any atom is -0.256 e. The maximum absolute atomic E-state index is 4.75. The number of fused-ring (bicyclic) bond motifs is 2. The molecule has 0 fully saturated rings.